The monoisotopic (exact) mass is 605 g/mol. The average molecular weight is 606 g/mol. The lowest BCUT2D eigenvalue weighted by Crippen LogP contribution is -2.54. The Labute approximate surface area is 245 Å². The van der Waals surface area contributed by atoms with Crippen molar-refractivity contribution in [1.29, 1.82) is 0 Å². The normalized spacial score (nSPS) is 15.6. The molecule has 0 aromatic rings. The highest BCUT2D eigenvalue weighted by atomic mass is 16.6. The third kappa shape index (κ3) is 11.7. The van der Waals surface area contributed by atoms with Crippen LogP contribution in [0.1, 0.15) is 73.1 Å². The summed E-state index contributed by atoms with van der Waals surface area (Å²) < 4.78 is 15.1. The highest BCUT2D eigenvalue weighted by molar-refractivity contribution is 5.94. The van der Waals surface area contributed by atoms with Gasteiger partial charge in [-0.05, 0) is 53.4 Å². The van der Waals surface area contributed by atoms with E-state index in [-0.39, 0.29) is 57.2 Å². The van der Waals surface area contributed by atoms with Gasteiger partial charge in [-0.2, -0.15) is 0 Å². The number of nitrogens with zero attached hydrogens (tertiary/aromatic N) is 1. The van der Waals surface area contributed by atoms with Gasteiger partial charge in [0.1, 0.15) is 32.0 Å². The van der Waals surface area contributed by atoms with Crippen molar-refractivity contribution >= 4 is 41.5 Å². The third-order valence-corrected chi connectivity index (χ3v) is 7.22. The van der Waals surface area contributed by atoms with Crippen molar-refractivity contribution in [2.24, 2.45) is 22.7 Å². The fraction of sp³-hybridized carbons (Fsp3) is 0.741. The number of aliphatic carboxylic acids is 2. The van der Waals surface area contributed by atoms with Crippen LogP contribution in [0.5, 0.6) is 0 Å². The van der Waals surface area contributed by atoms with E-state index >= 15 is 0 Å². The van der Waals surface area contributed by atoms with Crippen LogP contribution < -0.4 is 22.5 Å². The molecule has 15 nitrogen and oxygen atoms in total. The van der Waals surface area contributed by atoms with Gasteiger partial charge in [-0.3, -0.25) is 24.0 Å². The van der Waals surface area contributed by atoms with Crippen molar-refractivity contribution in [3.8, 4) is 0 Å². The van der Waals surface area contributed by atoms with Crippen LogP contribution in [0.3, 0.4) is 0 Å². The Morgan fingerprint density at radius 2 is 1.48 bits per heavy atom. The second kappa shape index (κ2) is 18.1. The molecule has 242 valence electrons. The van der Waals surface area contributed by atoms with Crippen molar-refractivity contribution in [2.75, 3.05) is 32.9 Å². The molecule has 1 heterocycles. The third-order valence-electron chi connectivity index (χ3n) is 7.22. The Bertz CT molecular complexity index is 983. The fourth-order valence-corrected chi connectivity index (χ4v) is 4.49. The summed E-state index contributed by atoms with van der Waals surface area (Å²) in [6.07, 6.45) is 0.128. The first-order chi connectivity index (χ1) is 18.6. The summed E-state index contributed by atoms with van der Waals surface area (Å²) in [5.74, 6) is -10.1. The summed E-state index contributed by atoms with van der Waals surface area (Å²) >= 11 is 0. The average Bonchev–Trinajstić information content (AvgIpc) is 3.27. The number of ketones is 1. The van der Waals surface area contributed by atoms with Crippen molar-refractivity contribution < 1.29 is 58.0 Å². The highest BCUT2D eigenvalue weighted by Crippen LogP contribution is 2.40. The molecule has 0 radical (unpaired) electrons. The first-order valence-electron chi connectivity index (χ1n) is 13.3. The first kappa shape index (κ1) is 40.5. The number of hydrogen-bond acceptors (Lipinski definition) is 12. The molecule has 0 aromatic carbocycles. The molecule has 0 bridgehead atoms. The fourth-order valence-electron chi connectivity index (χ4n) is 4.49. The van der Waals surface area contributed by atoms with Gasteiger partial charge >= 0.3 is 17.9 Å². The maximum Gasteiger partial charge on any atom is 0.313 e. The summed E-state index contributed by atoms with van der Waals surface area (Å²) in [4.78, 5) is 85.6. The van der Waals surface area contributed by atoms with Crippen LogP contribution in [0.4, 0.5) is 0 Å². The molecule has 42 heavy (non-hydrogen) atoms. The van der Waals surface area contributed by atoms with Crippen LogP contribution in [0, 0.1) is 22.7 Å². The lowest BCUT2D eigenvalue weighted by atomic mass is 9.66. The van der Waals surface area contributed by atoms with Crippen LogP contribution in [0.25, 0.3) is 0 Å². The van der Waals surface area contributed by atoms with Crippen LogP contribution in [0.2, 0.25) is 0 Å². The number of carboxylic acid groups (broad SMARTS) is 2. The second-order valence-electron chi connectivity index (χ2n) is 10.8. The highest BCUT2D eigenvalue weighted by Gasteiger charge is 2.47. The van der Waals surface area contributed by atoms with Crippen LogP contribution in [0.15, 0.2) is 0 Å². The Hall–Kier alpha value is -3.59. The molecule has 1 rings (SSSR count). The number of ether oxygens (including phenoxy) is 3. The van der Waals surface area contributed by atoms with Gasteiger partial charge in [0.05, 0.1) is 17.4 Å². The Morgan fingerprint density at radius 1 is 0.905 bits per heavy atom. The Morgan fingerprint density at radius 3 is 1.95 bits per heavy atom. The molecule has 1 aliphatic rings. The van der Waals surface area contributed by atoms with E-state index in [9.17, 15) is 43.8 Å². The molecule has 3 unspecified atom stereocenters. The van der Waals surface area contributed by atoms with E-state index in [1.54, 1.807) is 4.90 Å². The number of hydrogen-bond donors (Lipinski definition) is 2. The molecule has 0 saturated carbocycles. The van der Waals surface area contributed by atoms with E-state index in [2.05, 4.69) is 0 Å². The molecule has 0 aromatic heterocycles. The van der Waals surface area contributed by atoms with Crippen molar-refractivity contribution in [3.05, 3.63) is 0 Å². The van der Waals surface area contributed by atoms with Gasteiger partial charge in [-0.25, -0.2) is 0 Å². The molecular weight excluding hydrogens is 558 g/mol. The van der Waals surface area contributed by atoms with Crippen LogP contribution >= 0.6 is 0 Å². The summed E-state index contributed by atoms with van der Waals surface area (Å²) in [5, 5.41) is 24.3. The largest absolute Gasteiger partial charge is 0.550 e. The molecule has 0 aliphatic carbocycles. The van der Waals surface area contributed by atoms with E-state index in [4.69, 9.17) is 14.2 Å². The van der Waals surface area contributed by atoms with Gasteiger partial charge in [0.15, 0.2) is 0 Å². The zero-order chi connectivity index (χ0) is 30.7. The number of quaternary nitrogens is 2. The molecule has 15 heteroatoms. The van der Waals surface area contributed by atoms with Gasteiger partial charge in [-0.15, -0.1) is 0 Å². The van der Waals surface area contributed by atoms with Gasteiger partial charge in [0.25, 0.3) is 0 Å². The maximum atomic E-state index is 12.9. The summed E-state index contributed by atoms with van der Waals surface area (Å²) in [6, 6.07) is 0. The molecule has 1 amide bonds. The number of Topliss-reactive ketones (excluding diaryl/α,β-unsaturated/α-hetero) is 1. The molecule has 0 spiro atoms. The van der Waals surface area contributed by atoms with E-state index in [1.807, 2.05) is 0 Å². The molecule has 1 fully saturated rings. The minimum Gasteiger partial charge on any atom is -0.550 e. The molecule has 8 N–H and O–H groups in total. The lowest BCUT2D eigenvalue weighted by molar-refractivity contribution is -0.331. The van der Waals surface area contributed by atoms with E-state index in [0.29, 0.717) is 13.0 Å². The van der Waals surface area contributed by atoms with E-state index < -0.39 is 71.3 Å². The van der Waals surface area contributed by atoms with Crippen molar-refractivity contribution in [1.82, 2.24) is 17.2 Å². The lowest BCUT2D eigenvalue weighted by Gasteiger charge is -2.41. The molecule has 1 saturated heterocycles. The van der Waals surface area contributed by atoms with E-state index in [1.165, 1.54) is 34.6 Å². The molecule has 1 aliphatic heterocycles. The summed E-state index contributed by atoms with van der Waals surface area (Å²) in [6.45, 7) is 6.87. The van der Waals surface area contributed by atoms with Gasteiger partial charge in [0.2, 0.25) is 5.91 Å². The van der Waals surface area contributed by atoms with Gasteiger partial charge < -0.3 is 51.2 Å². The number of esters is 3. The second-order valence-corrected chi connectivity index (χ2v) is 10.8. The van der Waals surface area contributed by atoms with Crippen molar-refractivity contribution in [2.45, 2.75) is 73.1 Å². The zero-order valence-corrected chi connectivity index (χ0v) is 25.8. The van der Waals surface area contributed by atoms with E-state index in [0.717, 1.165) is 6.42 Å². The number of amides is 1. The number of rotatable bonds is 18. The zero-order valence-electron chi connectivity index (χ0n) is 25.8. The molecular formula is C27H47N3O12. The van der Waals surface area contributed by atoms with Crippen LogP contribution in [-0.4, -0.2) is 79.3 Å². The van der Waals surface area contributed by atoms with Gasteiger partial charge in [-0.1, -0.05) is 6.92 Å². The SMILES string of the molecule is CCC(C)(C(=O)OCCOC(=O)CC(C)=O)C(C(=O)[O-])C(CCC(C)(C)C(=O)OCCN1CCCC1=O)C(=O)[O-].[NH4+].[NH4+]. The minimum absolute atomic E-state index is 0. The predicted molar refractivity (Wildman–Crippen MR) is 144 cm³/mol. The number of carboxylic acids is 2. The summed E-state index contributed by atoms with van der Waals surface area (Å²) in [7, 11) is 0. The predicted octanol–water partition coefficient (Wildman–Crippen LogP) is -0.0752. The topological polar surface area (TPSA) is 270 Å². The molecule has 3 atom stereocenters. The number of likely N-dealkylation sites (tertiary alicyclic amines) is 1. The quantitative estimate of drug-likeness (QED) is 0.0898. The standard InChI is InChI=1S/C27H41NO12.2H3N/c1-6-27(5,25(37)40-15-14-38-20(31)16-17(2)29)21(23(34)35)18(22(32)33)9-10-26(3,4)24(36)39-13-12-28-11-7-8-19(28)30;;/h18,21H,6-16H2,1-5H3,(H,32,33)(H,34,35);2*1H3. The Balaban J connectivity index is 0. The van der Waals surface area contributed by atoms with Crippen molar-refractivity contribution in [3.63, 3.8) is 0 Å². The first-order valence-corrected chi connectivity index (χ1v) is 13.3. The van der Waals surface area contributed by atoms with Crippen LogP contribution in [-0.2, 0) is 47.8 Å². The summed E-state index contributed by atoms with van der Waals surface area (Å²) in [5.41, 5.74) is -3.08. The van der Waals surface area contributed by atoms with Gasteiger partial charge in [0, 0.05) is 36.7 Å². The minimum atomic E-state index is -1.87. The number of carbonyl (C=O) groups excluding carboxylic acids is 7. The maximum absolute atomic E-state index is 12.9. The number of carbonyl (C=O) groups is 7. The smallest absolute Gasteiger partial charge is 0.313 e. The Kier molecular flexibility index (Phi) is 17.4.